The van der Waals surface area contributed by atoms with Gasteiger partial charge in [-0.3, -0.25) is 4.79 Å². The van der Waals surface area contributed by atoms with Gasteiger partial charge < -0.3 is 4.90 Å². The molecule has 20 heavy (non-hydrogen) atoms. The van der Waals surface area contributed by atoms with Crippen molar-refractivity contribution in [3.63, 3.8) is 0 Å². The summed E-state index contributed by atoms with van der Waals surface area (Å²) >= 11 is 0. The van der Waals surface area contributed by atoms with E-state index in [1.807, 2.05) is 0 Å². The molecule has 4 heteroatoms. The van der Waals surface area contributed by atoms with E-state index in [4.69, 9.17) is 0 Å². The number of ketones is 1. The topological polar surface area (TPSA) is 20.3 Å². The SMILES string of the molecule is CC1CCCCN1CCCC(=O)c1ccc(F)cc1.Cl. The van der Waals surface area contributed by atoms with Crippen LogP contribution in [0.3, 0.4) is 0 Å². The number of carbonyl (C=O) groups is 1. The molecular formula is C16H23ClFNO. The highest BCUT2D eigenvalue weighted by Gasteiger charge is 2.17. The van der Waals surface area contributed by atoms with Gasteiger partial charge in [0.1, 0.15) is 5.82 Å². The molecular weight excluding hydrogens is 277 g/mol. The molecule has 1 aliphatic rings. The van der Waals surface area contributed by atoms with Crippen molar-refractivity contribution in [2.24, 2.45) is 0 Å². The lowest BCUT2D eigenvalue weighted by Crippen LogP contribution is -2.38. The first-order chi connectivity index (χ1) is 9.16. The standard InChI is InChI=1S/C16H22FNO.ClH/c1-13-5-2-3-11-18(13)12-4-6-16(19)14-7-9-15(17)10-8-14;/h7-10,13H,2-6,11-12H2,1H3;1H. The first-order valence-electron chi connectivity index (χ1n) is 7.19. The van der Waals surface area contributed by atoms with Crippen molar-refractivity contribution in [2.75, 3.05) is 13.1 Å². The Bertz CT molecular complexity index is 421. The minimum absolute atomic E-state index is 0. The average molecular weight is 300 g/mol. The Morgan fingerprint density at radius 1 is 1.30 bits per heavy atom. The summed E-state index contributed by atoms with van der Waals surface area (Å²) in [6.45, 7) is 4.42. The van der Waals surface area contributed by atoms with E-state index in [1.54, 1.807) is 12.1 Å². The number of likely N-dealkylation sites (tertiary alicyclic amines) is 1. The van der Waals surface area contributed by atoms with Crippen LogP contribution in [0.25, 0.3) is 0 Å². The fourth-order valence-corrected chi connectivity index (χ4v) is 2.71. The molecule has 1 atom stereocenters. The monoisotopic (exact) mass is 299 g/mol. The molecule has 0 amide bonds. The van der Waals surface area contributed by atoms with Gasteiger partial charge in [0.15, 0.2) is 5.78 Å². The van der Waals surface area contributed by atoms with E-state index in [1.165, 1.54) is 31.4 Å². The molecule has 1 aromatic carbocycles. The highest BCUT2D eigenvalue weighted by atomic mass is 35.5. The van der Waals surface area contributed by atoms with E-state index in [-0.39, 0.29) is 24.0 Å². The van der Waals surface area contributed by atoms with Crippen molar-refractivity contribution in [3.05, 3.63) is 35.6 Å². The maximum atomic E-state index is 12.8. The fourth-order valence-electron chi connectivity index (χ4n) is 2.71. The van der Waals surface area contributed by atoms with Gasteiger partial charge in [-0.2, -0.15) is 0 Å². The van der Waals surface area contributed by atoms with Crippen molar-refractivity contribution >= 4 is 18.2 Å². The van der Waals surface area contributed by atoms with Gasteiger partial charge in [-0.15, -0.1) is 12.4 Å². The van der Waals surface area contributed by atoms with Gasteiger partial charge in [0, 0.05) is 18.0 Å². The fraction of sp³-hybridized carbons (Fsp3) is 0.562. The molecule has 0 N–H and O–H groups in total. The molecule has 1 fully saturated rings. The Kier molecular flexibility index (Phi) is 7.17. The predicted octanol–water partition coefficient (Wildman–Crippen LogP) is 4.08. The number of hydrogen-bond acceptors (Lipinski definition) is 2. The van der Waals surface area contributed by atoms with Crippen molar-refractivity contribution < 1.29 is 9.18 Å². The number of piperidine rings is 1. The molecule has 0 aliphatic carbocycles. The molecule has 0 radical (unpaired) electrons. The van der Waals surface area contributed by atoms with Crippen LogP contribution in [0, 0.1) is 5.82 Å². The lowest BCUT2D eigenvalue weighted by molar-refractivity contribution is 0.0964. The van der Waals surface area contributed by atoms with E-state index in [0.29, 0.717) is 18.0 Å². The highest BCUT2D eigenvalue weighted by molar-refractivity contribution is 5.95. The van der Waals surface area contributed by atoms with E-state index in [0.717, 1.165) is 19.5 Å². The largest absolute Gasteiger partial charge is 0.301 e. The van der Waals surface area contributed by atoms with Crippen LogP contribution in [-0.4, -0.2) is 29.8 Å². The number of nitrogens with zero attached hydrogens (tertiary/aromatic N) is 1. The third-order valence-corrected chi connectivity index (χ3v) is 3.96. The van der Waals surface area contributed by atoms with E-state index in [9.17, 15) is 9.18 Å². The predicted molar refractivity (Wildman–Crippen MR) is 82.1 cm³/mol. The van der Waals surface area contributed by atoms with E-state index in [2.05, 4.69) is 11.8 Å². The molecule has 2 nitrogen and oxygen atoms in total. The molecule has 2 rings (SSSR count). The van der Waals surface area contributed by atoms with Crippen LogP contribution >= 0.6 is 12.4 Å². The zero-order valence-electron chi connectivity index (χ0n) is 12.0. The Labute approximate surface area is 126 Å². The van der Waals surface area contributed by atoms with Gasteiger partial charge >= 0.3 is 0 Å². The maximum Gasteiger partial charge on any atom is 0.162 e. The quantitative estimate of drug-likeness (QED) is 0.763. The van der Waals surface area contributed by atoms with Crippen molar-refractivity contribution in [1.29, 1.82) is 0 Å². The second kappa shape index (κ2) is 8.38. The summed E-state index contributed by atoms with van der Waals surface area (Å²) in [4.78, 5) is 14.4. The van der Waals surface area contributed by atoms with Crippen molar-refractivity contribution in [1.82, 2.24) is 4.90 Å². The third kappa shape index (κ3) is 4.88. The number of hydrogen-bond donors (Lipinski definition) is 0. The minimum atomic E-state index is -0.293. The van der Waals surface area contributed by atoms with Crippen LogP contribution in [0.1, 0.15) is 49.4 Å². The van der Waals surface area contributed by atoms with Gasteiger partial charge in [-0.25, -0.2) is 4.39 Å². The number of benzene rings is 1. The smallest absolute Gasteiger partial charge is 0.162 e. The van der Waals surface area contributed by atoms with Crippen LogP contribution in [0.15, 0.2) is 24.3 Å². The highest BCUT2D eigenvalue weighted by Crippen LogP contribution is 2.17. The molecule has 0 spiro atoms. The summed E-state index contributed by atoms with van der Waals surface area (Å²) in [6, 6.07) is 6.48. The summed E-state index contributed by atoms with van der Waals surface area (Å²) < 4.78 is 12.8. The maximum absolute atomic E-state index is 12.8. The van der Waals surface area contributed by atoms with Crippen LogP contribution in [0.4, 0.5) is 4.39 Å². The van der Waals surface area contributed by atoms with E-state index < -0.39 is 0 Å². The molecule has 1 aliphatic heterocycles. The summed E-state index contributed by atoms with van der Waals surface area (Å²) in [7, 11) is 0. The van der Waals surface area contributed by atoms with Crippen LogP contribution in [0.5, 0.6) is 0 Å². The molecule has 1 heterocycles. The Balaban J connectivity index is 0.00000200. The van der Waals surface area contributed by atoms with Crippen molar-refractivity contribution in [2.45, 2.75) is 45.1 Å². The molecule has 0 aromatic heterocycles. The Morgan fingerprint density at radius 2 is 2.00 bits per heavy atom. The zero-order valence-corrected chi connectivity index (χ0v) is 12.8. The molecule has 1 unspecified atom stereocenters. The summed E-state index contributed by atoms with van der Waals surface area (Å²) in [5.74, 6) is -0.177. The summed E-state index contributed by atoms with van der Waals surface area (Å²) in [6.07, 6.45) is 5.31. The van der Waals surface area contributed by atoms with E-state index >= 15 is 0 Å². The van der Waals surface area contributed by atoms with Gasteiger partial charge in [0.05, 0.1) is 0 Å². The first-order valence-corrected chi connectivity index (χ1v) is 7.19. The molecule has 112 valence electrons. The number of rotatable bonds is 5. The summed E-state index contributed by atoms with van der Waals surface area (Å²) in [5, 5.41) is 0. The summed E-state index contributed by atoms with van der Waals surface area (Å²) in [5.41, 5.74) is 0.619. The molecule has 0 saturated carbocycles. The second-order valence-electron chi connectivity index (χ2n) is 5.41. The minimum Gasteiger partial charge on any atom is -0.301 e. The lowest BCUT2D eigenvalue weighted by atomic mass is 10.0. The number of Topliss-reactive ketones (excluding diaryl/α,β-unsaturated/α-hetero) is 1. The van der Waals surface area contributed by atoms with Gasteiger partial charge in [0.2, 0.25) is 0 Å². The van der Waals surface area contributed by atoms with Gasteiger partial charge in [-0.1, -0.05) is 6.42 Å². The molecule has 0 bridgehead atoms. The average Bonchev–Trinajstić information content (AvgIpc) is 2.41. The third-order valence-electron chi connectivity index (χ3n) is 3.96. The normalized spacial score (nSPS) is 19.4. The lowest BCUT2D eigenvalue weighted by Gasteiger charge is -2.33. The van der Waals surface area contributed by atoms with Gasteiger partial charge in [0.25, 0.3) is 0 Å². The van der Waals surface area contributed by atoms with Gasteiger partial charge in [-0.05, 0) is 63.5 Å². The molecule has 1 saturated heterocycles. The van der Waals surface area contributed by atoms with Crippen LogP contribution < -0.4 is 0 Å². The van der Waals surface area contributed by atoms with Crippen molar-refractivity contribution in [3.8, 4) is 0 Å². The first kappa shape index (κ1) is 17.1. The van der Waals surface area contributed by atoms with Crippen LogP contribution in [-0.2, 0) is 0 Å². The zero-order chi connectivity index (χ0) is 13.7. The number of halogens is 2. The Morgan fingerprint density at radius 3 is 2.65 bits per heavy atom. The Hall–Kier alpha value is -0.930. The van der Waals surface area contributed by atoms with Crippen LogP contribution in [0.2, 0.25) is 0 Å². The molecule has 1 aromatic rings. The second-order valence-corrected chi connectivity index (χ2v) is 5.41. The number of carbonyl (C=O) groups excluding carboxylic acids is 1.